The minimum Gasteiger partial charge on any atom is -0.366 e. The third kappa shape index (κ3) is 3.65. The number of benzene rings is 2. The van der Waals surface area contributed by atoms with Gasteiger partial charge in [-0.25, -0.2) is 4.98 Å². The fraction of sp³-hybridized carbons (Fsp3) is 0.0526. The van der Waals surface area contributed by atoms with Gasteiger partial charge in [0.25, 0.3) is 0 Å². The van der Waals surface area contributed by atoms with Crippen LogP contribution in [0.1, 0.15) is 5.56 Å². The van der Waals surface area contributed by atoms with Gasteiger partial charge >= 0.3 is 0 Å². The molecule has 130 valence electrons. The van der Waals surface area contributed by atoms with Gasteiger partial charge in [0.05, 0.1) is 11.9 Å². The molecular formula is C19H13Cl2IN4. The molecule has 0 saturated carbocycles. The van der Waals surface area contributed by atoms with E-state index in [1.54, 1.807) is 16.8 Å². The zero-order valence-electron chi connectivity index (χ0n) is 13.5. The number of hydrogen-bond donors (Lipinski definition) is 1. The summed E-state index contributed by atoms with van der Waals surface area (Å²) in [5.74, 6) is 0.847. The van der Waals surface area contributed by atoms with Gasteiger partial charge in [-0.05, 0) is 52.4 Å². The Hall–Kier alpha value is -1.83. The molecule has 0 saturated heterocycles. The van der Waals surface area contributed by atoms with Crippen molar-refractivity contribution < 1.29 is 0 Å². The predicted molar refractivity (Wildman–Crippen MR) is 115 cm³/mol. The maximum absolute atomic E-state index is 6.27. The van der Waals surface area contributed by atoms with E-state index in [1.165, 1.54) is 3.57 Å². The van der Waals surface area contributed by atoms with Gasteiger partial charge in [-0.15, -0.1) is 0 Å². The maximum Gasteiger partial charge on any atom is 0.157 e. The second-order valence-corrected chi connectivity index (χ2v) is 7.81. The van der Waals surface area contributed by atoms with Crippen LogP contribution >= 0.6 is 45.8 Å². The average molecular weight is 495 g/mol. The standard InChI is InChI=1S/C19H13Cl2IN4/c20-14-4-1-13(16(21)9-14)11-23-19-10-17(12-2-5-15(22)6-3-12)25-18-7-8-24-26(18)19/h1-10,23H,11H2. The normalized spacial score (nSPS) is 11.0. The highest BCUT2D eigenvalue weighted by molar-refractivity contribution is 14.1. The molecule has 0 spiro atoms. The van der Waals surface area contributed by atoms with E-state index in [1.807, 2.05) is 24.3 Å². The molecular weight excluding hydrogens is 482 g/mol. The van der Waals surface area contributed by atoms with Gasteiger partial charge in [-0.2, -0.15) is 9.61 Å². The van der Waals surface area contributed by atoms with Crippen molar-refractivity contribution >= 4 is 57.3 Å². The Morgan fingerprint density at radius 1 is 1.00 bits per heavy atom. The van der Waals surface area contributed by atoms with Crippen molar-refractivity contribution in [2.75, 3.05) is 5.32 Å². The summed E-state index contributed by atoms with van der Waals surface area (Å²) in [6.07, 6.45) is 1.74. The average Bonchev–Trinajstić information content (AvgIpc) is 3.10. The van der Waals surface area contributed by atoms with Gasteiger partial charge in [0.2, 0.25) is 0 Å². The second kappa shape index (κ2) is 7.42. The molecule has 2 aromatic carbocycles. The third-order valence-electron chi connectivity index (χ3n) is 3.97. The highest BCUT2D eigenvalue weighted by Crippen LogP contribution is 2.25. The van der Waals surface area contributed by atoms with Crippen LogP contribution in [0.25, 0.3) is 16.9 Å². The second-order valence-electron chi connectivity index (χ2n) is 5.72. The molecule has 0 radical (unpaired) electrons. The lowest BCUT2D eigenvalue weighted by Crippen LogP contribution is -2.07. The first-order valence-electron chi connectivity index (χ1n) is 7.89. The van der Waals surface area contributed by atoms with E-state index in [4.69, 9.17) is 28.2 Å². The summed E-state index contributed by atoms with van der Waals surface area (Å²) < 4.78 is 2.97. The highest BCUT2D eigenvalue weighted by Gasteiger charge is 2.09. The summed E-state index contributed by atoms with van der Waals surface area (Å²) in [5.41, 5.74) is 3.69. The minimum absolute atomic E-state index is 0.557. The molecule has 7 heteroatoms. The predicted octanol–water partition coefficient (Wildman–Crippen LogP) is 5.92. The van der Waals surface area contributed by atoms with Crippen molar-refractivity contribution in [2.45, 2.75) is 6.54 Å². The molecule has 0 unspecified atom stereocenters. The first-order chi connectivity index (χ1) is 12.6. The summed E-state index contributed by atoms with van der Waals surface area (Å²) in [7, 11) is 0. The Labute approximate surface area is 174 Å². The van der Waals surface area contributed by atoms with Crippen molar-refractivity contribution in [3.63, 3.8) is 0 Å². The van der Waals surface area contributed by atoms with Crippen LogP contribution in [-0.2, 0) is 6.54 Å². The lowest BCUT2D eigenvalue weighted by atomic mass is 10.1. The number of rotatable bonds is 4. The van der Waals surface area contributed by atoms with Crippen LogP contribution in [0.15, 0.2) is 60.8 Å². The molecule has 0 aliphatic carbocycles. The van der Waals surface area contributed by atoms with Crippen LogP contribution < -0.4 is 5.32 Å². The van der Waals surface area contributed by atoms with E-state index >= 15 is 0 Å². The Morgan fingerprint density at radius 3 is 2.58 bits per heavy atom. The van der Waals surface area contributed by atoms with Crippen molar-refractivity contribution in [1.29, 1.82) is 0 Å². The molecule has 0 fully saturated rings. The maximum atomic E-state index is 6.27. The topological polar surface area (TPSA) is 42.2 Å². The van der Waals surface area contributed by atoms with E-state index in [2.05, 4.69) is 57.3 Å². The molecule has 4 aromatic rings. The van der Waals surface area contributed by atoms with Gasteiger partial charge in [0.15, 0.2) is 5.65 Å². The molecule has 26 heavy (non-hydrogen) atoms. The number of aromatic nitrogens is 3. The monoisotopic (exact) mass is 494 g/mol. The lowest BCUT2D eigenvalue weighted by molar-refractivity contribution is 0.927. The van der Waals surface area contributed by atoms with Crippen LogP contribution in [0, 0.1) is 3.57 Å². The van der Waals surface area contributed by atoms with Crippen LogP contribution in [-0.4, -0.2) is 14.6 Å². The molecule has 4 nitrogen and oxygen atoms in total. The Bertz CT molecular complexity index is 1080. The fourth-order valence-electron chi connectivity index (χ4n) is 2.66. The SMILES string of the molecule is Clc1ccc(CNc2cc(-c3ccc(I)cc3)nc3ccnn23)c(Cl)c1. The van der Waals surface area contributed by atoms with Gasteiger partial charge in [0, 0.05) is 37.9 Å². The zero-order chi connectivity index (χ0) is 18.1. The van der Waals surface area contributed by atoms with Crippen molar-refractivity contribution in [3.05, 3.63) is 80.0 Å². The quantitative estimate of drug-likeness (QED) is 0.358. The zero-order valence-corrected chi connectivity index (χ0v) is 17.1. The van der Waals surface area contributed by atoms with E-state index < -0.39 is 0 Å². The largest absolute Gasteiger partial charge is 0.366 e. The Morgan fingerprint density at radius 2 is 1.81 bits per heavy atom. The third-order valence-corrected chi connectivity index (χ3v) is 5.28. The molecule has 4 rings (SSSR count). The molecule has 0 amide bonds. The number of hydrogen-bond acceptors (Lipinski definition) is 3. The fourth-order valence-corrected chi connectivity index (χ4v) is 3.49. The van der Waals surface area contributed by atoms with Crippen molar-refractivity contribution in [2.24, 2.45) is 0 Å². The van der Waals surface area contributed by atoms with Crippen LogP contribution in [0.3, 0.4) is 0 Å². The first-order valence-corrected chi connectivity index (χ1v) is 9.72. The molecule has 2 aromatic heterocycles. The van der Waals surface area contributed by atoms with Gasteiger partial charge < -0.3 is 5.32 Å². The smallest absolute Gasteiger partial charge is 0.157 e. The van der Waals surface area contributed by atoms with E-state index in [-0.39, 0.29) is 0 Å². The number of halogens is 3. The van der Waals surface area contributed by atoms with Gasteiger partial charge in [0.1, 0.15) is 5.82 Å². The number of nitrogens with one attached hydrogen (secondary N) is 1. The highest BCUT2D eigenvalue weighted by atomic mass is 127. The summed E-state index contributed by atoms with van der Waals surface area (Å²) in [5, 5.41) is 9.01. The van der Waals surface area contributed by atoms with Crippen LogP contribution in [0.4, 0.5) is 5.82 Å². The van der Waals surface area contributed by atoms with Crippen molar-refractivity contribution in [3.8, 4) is 11.3 Å². The molecule has 2 heterocycles. The summed E-state index contributed by atoms with van der Waals surface area (Å²) in [4.78, 5) is 4.69. The van der Waals surface area contributed by atoms with E-state index in [0.29, 0.717) is 16.6 Å². The number of nitrogens with zero attached hydrogens (tertiary/aromatic N) is 3. The molecule has 1 N–H and O–H groups in total. The first kappa shape index (κ1) is 17.6. The molecule has 0 aliphatic rings. The van der Waals surface area contributed by atoms with Crippen LogP contribution in [0.2, 0.25) is 10.0 Å². The summed E-state index contributed by atoms with van der Waals surface area (Å²) >= 11 is 14.5. The molecule has 0 bridgehead atoms. The molecule has 0 atom stereocenters. The molecule has 0 aliphatic heterocycles. The lowest BCUT2D eigenvalue weighted by Gasteiger charge is -2.12. The number of fused-ring (bicyclic) bond motifs is 1. The summed E-state index contributed by atoms with van der Waals surface area (Å²) in [6, 6.07) is 17.6. The van der Waals surface area contributed by atoms with Gasteiger partial charge in [-0.3, -0.25) is 0 Å². The van der Waals surface area contributed by atoms with E-state index in [0.717, 1.165) is 28.3 Å². The van der Waals surface area contributed by atoms with E-state index in [9.17, 15) is 0 Å². The summed E-state index contributed by atoms with van der Waals surface area (Å²) in [6.45, 7) is 0.557. The minimum atomic E-state index is 0.557. The van der Waals surface area contributed by atoms with Gasteiger partial charge in [-0.1, -0.05) is 41.4 Å². The number of anilines is 1. The van der Waals surface area contributed by atoms with Crippen LogP contribution in [0.5, 0.6) is 0 Å². The van der Waals surface area contributed by atoms with Crippen molar-refractivity contribution in [1.82, 2.24) is 14.6 Å². The Kier molecular flexibility index (Phi) is 5.02. The Balaban J connectivity index is 1.69.